The van der Waals surface area contributed by atoms with Crippen molar-refractivity contribution in [3.05, 3.63) is 90.0 Å². The van der Waals surface area contributed by atoms with Crippen LogP contribution >= 0.6 is 11.8 Å². The number of rotatable bonds is 8. The molecular formula is C29H25N3O3S. The van der Waals surface area contributed by atoms with Crippen molar-refractivity contribution in [3.8, 4) is 40.0 Å². The number of anilines is 1. The first-order chi connectivity index (χ1) is 17.5. The fraction of sp³-hybridized carbons (Fsp3) is 0.138. The Hall–Kier alpha value is -4.28. The largest absolute Gasteiger partial charge is 0.497 e. The van der Waals surface area contributed by atoms with Gasteiger partial charge in [-0.3, -0.25) is 4.79 Å². The number of nitriles is 1. The number of benzene rings is 3. The zero-order valence-corrected chi connectivity index (χ0v) is 21.1. The first-order valence-electron chi connectivity index (χ1n) is 11.2. The minimum Gasteiger partial charge on any atom is -0.497 e. The van der Waals surface area contributed by atoms with Gasteiger partial charge in [-0.15, -0.1) is 0 Å². The summed E-state index contributed by atoms with van der Waals surface area (Å²) in [5.41, 5.74) is 5.43. The number of pyridine rings is 1. The molecule has 0 spiro atoms. The number of methoxy groups -OCH3 is 2. The summed E-state index contributed by atoms with van der Waals surface area (Å²) in [6, 6.07) is 27.0. The topological polar surface area (TPSA) is 84.2 Å². The summed E-state index contributed by atoms with van der Waals surface area (Å²) in [5, 5.41) is 13.5. The van der Waals surface area contributed by atoms with E-state index in [1.54, 1.807) is 26.4 Å². The van der Waals surface area contributed by atoms with Gasteiger partial charge in [-0.25, -0.2) is 4.98 Å². The lowest BCUT2D eigenvalue weighted by Crippen LogP contribution is -2.15. The van der Waals surface area contributed by atoms with Gasteiger partial charge in [0.15, 0.2) is 0 Å². The molecule has 0 aliphatic rings. The molecule has 0 saturated carbocycles. The third-order valence-corrected chi connectivity index (χ3v) is 6.54. The fourth-order valence-corrected chi connectivity index (χ4v) is 4.48. The molecular weight excluding hydrogens is 470 g/mol. The van der Waals surface area contributed by atoms with Crippen LogP contribution in [0.2, 0.25) is 0 Å². The minimum absolute atomic E-state index is 0.0825. The molecule has 0 bridgehead atoms. The number of para-hydroxylation sites is 2. The Morgan fingerprint density at radius 1 is 0.972 bits per heavy atom. The van der Waals surface area contributed by atoms with E-state index in [1.807, 2.05) is 73.7 Å². The van der Waals surface area contributed by atoms with Gasteiger partial charge in [0.1, 0.15) is 22.6 Å². The average molecular weight is 496 g/mol. The van der Waals surface area contributed by atoms with E-state index in [0.29, 0.717) is 22.0 Å². The maximum absolute atomic E-state index is 12.8. The van der Waals surface area contributed by atoms with Crippen LogP contribution in [0.3, 0.4) is 0 Å². The number of nitrogens with one attached hydrogen (secondary N) is 1. The molecule has 0 unspecified atom stereocenters. The Labute approximate surface area is 214 Å². The van der Waals surface area contributed by atoms with Gasteiger partial charge in [-0.2, -0.15) is 5.26 Å². The van der Waals surface area contributed by atoms with Crippen molar-refractivity contribution < 1.29 is 14.3 Å². The van der Waals surface area contributed by atoms with E-state index in [1.165, 1.54) is 11.8 Å². The lowest BCUT2D eigenvalue weighted by Gasteiger charge is -2.14. The van der Waals surface area contributed by atoms with E-state index in [-0.39, 0.29) is 11.7 Å². The molecule has 4 aromatic rings. The second-order valence-corrected chi connectivity index (χ2v) is 8.94. The average Bonchev–Trinajstić information content (AvgIpc) is 2.92. The molecule has 0 aliphatic carbocycles. The Morgan fingerprint density at radius 2 is 1.67 bits per heavy atom. The van der Waals surface area contributed by atoms with Crippen molar-refractivity contribution in [2.75, 3.05) is 25.3 Å². The molecule has 1 aromatic heterocycles. The van der Waals surface area contributed by atoms with Gasteiger partial charge >= 0.3 is 0 Å². The van der Waals surface area contributed by atoms with E-state index in [9.17, 15) is 10.1 Å². The summed E-state index contributed by atoms with van der Waals surface area (Å²) in [4.78, 5) is 17.5. The van der Waals surface area contributed by atoms with E-state index >= 15 is 0 Å². The molecule has 0 fully saturated rings. The Balaban J connectivity index is 1.69. The highest BCUT2D eigenvalue weighted by molar-refractivity contribution is 8.00. The van der Waals surface area contributed by atoms with Gasteiger partial charge in [-0.1, -0.05) is 65.9 Å². The number of carbonyl (C=O) groups is 1. The summed E-state index contributed by atoms with van der Waals surface area (Å²) in [5.74, 6) is 1.17. The number of thioether (sulfide) groups is 1. The molecule has 1 amide bonds. The predicted molar refractivity (Wildman–Crippen MR) is 143 cm³/mol. The predicted octanol–water partition coefficient (Wildman–Crippen LogP) is 6.34. The molecule has 3 aromatic carbocycles. The van der Waals surface area contributed by atoms with E-state index in [4.69, 9.17) is 14.5 Å². The maximum atomic E-state index is 12.8. The highest BCUT2D eigenvalue weighted by atomic mass is 32.2. The maximum Gasteiger partial charge on any atom is 0.234 e. The lowest BCUT2D eigenvalue weighted by atomic mass is 9.99. The third-order valence-electron chi connectivity index (χ3n) is 5.57. The molecule has 6 nitrogen and oxygen atoms in total. The van der Waals surface area contributed by atoms with Gasteiger partial charge in [0.2, 0.25) is 5.91 Å². The number of aromatic nitrogens is 1. The molecule has 0 atom stereocenters. The number of hydrogen-bond acceptors (Lipinski definition) is 6. The third kappa shape index (κ3) is 5.68. The Morgan fingerprint density at radius 3 is 2.33 bits per heavy atom. The Kier molecular flexibility index (Phi) is 7.89. The zero-order chi connectivity index (χ0) is 25.5. The van der Waals surface area contributed by atoms with Crippen molar-refractivity contribution in [1.29, 1.82) is 5.26 Å². The first-order valence-corrected chi connectivity index (χ1v) is 12.2. The SMILES string of the molecule is COc1ccc(-c2cc(-c3ccc(C)cc3)nc(SCC(=O)Nc3ccccc3OC)c2C#N)cc1. The first kappa shape index (κ1) is 24.8. The summed E-state index contributed by atoms with van der Waals surface area (Å²) in [6.45, 7) is 2.03. The van der Waals surface area contributed by atoms with Crippen LogP contribution in [0.5, 0.6) is 11.5 Å². The molecule has 7 heteroatoms. The van der Waals surface area contributed by atoms with Crippen LogP contribution in [-0.2, 0) is 4.79 Å². The van der Waals surface area contributed by atoms with Crippen LogP contribution in [0.25, 0.3) is 22.4 Å². The van der Waals surface area contributed by atoms with Crippen LogP contribution in [0, 0.1) is 18.3 Å². The number of aryl methyl sites for hydroxylation is 1. The lowest BCUT2D eigenvalue weighted by molar-refractivity contribution is -0.113. The summed E-state index contributed by atoms with van der Waals surface area (Å²) in [6.07, 6.45) is 0. The quantitative estimate of drug-likeness (QED) is 0.287. The van der Waals surface area contributed by atoms with Crippen LogP contribution in [0.1, 0.15) is 11.1 Å². The zero-order valence-electron chi connectivity index (χ0n) is 20.2. The number of nitrogens with zero attached hydrogens (tertiary/aromatic N) is 2. The molecule has 1 N–H and O–H groups in total. The standard InChI is InChI=1S/C29H25N3O3S/c1-19-8-10-21(11-9-19)26-16-23(20-12-14-22(34-2)15-13-20)24(17-30)29(32-26)36-18-28(33)31-25-6-4-5-7-27(25)35-3/h4-16H,18H2,1-3H3,(H,31,33). The normalized spacial score (nSPS) is 10.4. The van der Waals surface area contributed by atoms with Gasteiger partial charge in [0.25, 0.3) is 0 Å². The van der Waals surface area contributed by atoms with Crippen molar-refractivity contribution >= 4 is 23.4 Å². The van der Waals surface area contributed by atoms with Crippen molar-refractivity contribution in [2.45, 2.75) is 11.9 Å². The molecule has 1 heterocycles. The molecule has 0 saturated heterocycles. The molecule has 180 valence electrons. The monoisotopic (exact) mass is 495 g/mol. The van der Waals surface area contributed by atoms with Gasteiger partial charge in [0.05, 0.1) is 36.9 Å². The summed E-state index contributed by atoms with van der Waals surface area (Å²) >= 11 is 1.23. The Bertz CT molecular complexity index is 1410. The molecule has 4 rings (SSSR count). The molecule has 36 heavy (non-hydrogen) atoms. The molecule has 0 aliphatic heterocycles. The fourth-order valence-electron chi connectivity index (χ4n) is 3.67. The number of carbonyl (C=O) groups excluding carboxylic acids is 1. The highest BCUT2D eigenvalue weighted by Gasteiger charge is 2.18. The highest BCUT2D eigenvalue weighted by Crippen LogP contribution is 2.35. The van der Waals surface area contributed by atoms with E-state index in [2.05, 4.69) is 11.4 Å². The number of hydrogen-bond donors (Lipinski definition) is 1. The van der Waals surface area contributed by atoms with Crippen molar-refractivity contribution in [1.82, 2.24) is 4.98 Å². The van der Waals surface area contributed by atoms with Crippen LogP contribution in [-0.4, -0.2) is 30.9 Å². The minimum atomic E-state index is -0.220. The smallest absolute Gasteiger partial charge is 0.234 e. The summed E-state index contributed by atoms with van der Waals surface area (Å²) < 4.78 is 10.6. The van der Waals surface area contributed by atoms with Crippen molar-refractivity contribution in [3.63, 3.8) is 0 Å². The number of ether oxygens (including phenoxy) is 2. The van der Waals surface area contributed by atoms with E-state index in [0.717, 1.165) is 33.7 Å². The van der Waals surface area contributed by atoms with Gasteiger partial charge < -0.3 is 14.8 Å². The second-order valence-electron chi connectivity index (χ2n) is 7.98. The summed E-state index contributed by atoms with van der Waals surface area (Å²) in [7, 11) is 3.17. The second kappa shape index (κ2) is 11.4. The van der Waals surface area contributed by atoms with Crippen LogP contribution < -0.4 is 14.8 Å². The van der Waals surface area contributed by atoms with Crippen molar-refractivity contribution in [2.24, 2.45) is 0 Å². The van der Waals surface area contributed by atoms with Gasteiger partial charge in [0, 0.05) is 11.1 Å². The van der Waals surface area contributed by atoms with E-state index < -0.39 is 0 Å². The number of amides is 1. The van der Waals surface area contributed by atoms with Crippen LogP contribution in [0.4, 0.5) is 5.69 Å². The van der Waals surface area contributed by atoms with Gasteiger partial charge in [-0.05, 0) is 42.8 Å². The molecule has 0 radical (unpaired) electrons. The van der Waals surface area contributed by atoms with Crippen LogP contribution in [0.15, 0.2) is 83.9 Å².